The molecule has 0 aliphatic heterocycles. The second kappa shape index (κ2) is 12.3. The quantitative estimate of drug-likeness (QED) is 0.568. The minimum Gasteiger partial charge on any atom is -0.493 e. The van der Waals surface area contributed by atoms with Crippen molar-refractivity contribution in [2.24, 2.45) is 0 Å². The van der Waals surface area contributed by atoms with Gasteiger partial charge in [-0.25, -0.2) is 0 Å². The first-order valence-electron chi connectivity index (χ1n) is 8.54. The van der Waals surface area contributed by atoms with Gasteiger partial charge in [0.1, 0.15) is 6.61 Å². The van der Waals surface area contributed by atoms with E-state index >= 15 is 0 Å². The van der Waals surface area contributed by atoms with Crippen LogP contribution >= 0.6 is 12.4 Å². The molecule has 0 heterocycles. The van der Waals surface area contributed by atoms with Crippen molar-refractivity contribution in [3.63, 3.8) is 0 Å². The van der Waals surface area contributed by atoms with Crippen molar-refractivity contribution in [2.45, 2.75) is 13.0 Å². The van der Waals surface area contributed by atoms with Crippen molar-refractivity contribution in [2.75, 3.05) is 41.1 Å². The molecule has 2 N–H and O–H groups in total. The maximum Gasteiger partial charge on any atom is 0.161 e. The number of methoxy groups -OCH3 is 3. The summed E-state index contributed by atoms with van der Waals surface area (Å²) in [6, 6.07) is 11.7. The summed E-state index contributed by atoms with van der Waals surface area (Å²) >= 11 is 0. The summed E-state index contributed by atoms with van der Waals surface area (Å²) in [6.07, 6.45) is 0.884. The van der Waals surface area contributed by atoms with E-state index in [1.165, 1.54) is 5.56 Å². The number of aliphatic hydroxyl groups excluding tert-OH is 1. The van der Waals surface area contributed by atoms with Gasteiger partial charge in [0, 0.05) is 6.54 Å². The van der Waals surface area contributed by atoms with E-state index in [-0.39, 0.29) is 25.6 Å². The van der Waals surface area contributed by atoms with E-state index in [9.17, 15) is 0 Å². The molecular formula is C20H28ClNO5. The maximum absolute atomic E-state index is 8.85. The van der Waals surface area contributed by atoms with Gasteiger partial charge in [-0.1, -0.05) is 12.1 Å². The second-order valence-corrected chi connectivity index (χ2v) is 5.67. The number of hydrogen-bond donors (Lipinski definition) is 2. The summed E-state index contributed by atoms with van der Waals surface area (Å²) in [5, 5.41) is 12.3. The average molecular weight is 398 g/mol. The number of halogens is 1. The van der Waals surface area contributed by atoms with Crippen LogP contribution in [0.25, 0.3) is 0 Å². The number of rotatable bonds is 11. The number of hydrogen-bond acceptors (Lipinski definition) is 6. The van der Waals surface area contributed by atoms with Crippen molar-refractivity contribution < 1.29 is 24.1 Å². The summed E-state index contributed by atoms with van der Waals surface area (Å²) in [4.78, 5) is 0. The van der Waals surface area contributed by atoms with E-state index in [0.29, 0.717) is 11.5 Å². The van der Waals surface area contributed by atoms with E-state index in [0.717, 1.165) is 36.6 Å². The van der Waals surface area contributed by atoms with Crippen molar-refractivity contribution in [3.05, 3.63) is 47.5 Å². The molecule has 2 rings (SSSR count). The largest absolute Gasteiger partial charge is 0.493 e. The molecule has 6 nitrogen and oxygen atoms in total. The van der Waals surface area contributed by atoms with Crippen molar-refractivity contribution in [1.82, 2.24) is 5.32 Å². The molecular weight excluding hydrogens is 370 g/mol. The van der Waals surface area contributed by atoms with Gasteiger partial charge in [0.2, 0.25) is 0 Å². The lowest BCUT2D eigenvalue weighted by Gasteiger charge is -2.12. The highest BCUT2D eigenvalue weighted by atomic mass is 35.5. The third kappa shape index (κ3) is 6.82. The van der Waals surface area contributed by atoms with Gasteiger partial charge in [0.05, 0.1) is 27.9 Å². The first-order valence-corrected chi connectivity index (χ1v) is 8.54. The van der Waals surface area contributed by atoms with Crippen molar-refractivity contribution in [3.8, 4) is 23.0 Å². The van der Waals surface area contributed by atoms with Crippen molar-refractivity contribution >= 4 is 12.4 Å². The third-order valence-corrected chi connectivity index (χ3v) is 3.94. The molecule has 0 unspecified atom stereocenters. The molecule has 0 amide bonds. The van der Waals surface area contributed by atoms with Crippen LogP contribution in [0.1, 0.15) is 11.1 Å². The van der Waals surface area contributed by atoms with Gasteiger partial charge >= 0.3 is 0 Å². The van der Waals surface area contributed by atoms with Crippen LogP contribution < -0.4 is 24.3 Å². The standard InChI is InChI=1S/C20H27NO5.ClH/c1-23-17-6-4-15(12-19(17)24-2)8-9-21-14-16-5-7-18(26-11-10-22)20(13-16)25-3;/h4-7,12-13,21-22H,8-11,14H2,1-3H3;1H. The Balaban J connectivity index is 0.00000364. The molecule has 0 spiro atoms. The summed E-state index contributed by atoms with van der Waals surface area (Å²) < 4.78 is 21.4. The van der Waals surface area contributed by atoms with Gasteiger partial charge < -0.3 is 29.4 Å². The molecule has 2 aromatic rings. The molecule has 0 aromatic heterocycles. The zero-order valence-electron chi connectivity index (χ0n) is 16.0. The van der Waals surface area contributed by atoms with Gasteiger partial charge in [0.25, 0.3) is 0 Å². The fourth-order valence-corrected chi connectivity index (χ4v) is 2.60. The fraction of sp³-hybridized carbons (Fsp3) is 0.400. The Morgan fingerprint density at radius 1 is 0.815 bits per heavy atom. The van der Waals surface area contributed by atoms with Gasteiger partial charge in [-0.15, -0.1) is 12.4 Å². The molecule has 0 fully saturated rings. The monoisotopic (exact) mass is 397 g/mol. The molecule has 2 aromatic carbocycles. The minimum atomic E-state index is -0.0252. The Labute approximate surface area is 166 Å². The topological polar surface area (TPSA) is 69.2 Å². The molecule has 0 aliphatic rings. The highest BCUT2D eigenvalue weighted by molar-refractivity contribution is 5.85. The number of benzene rings is 2. The first kappa shape index (κ1) is 22.9. The van der Waals surface area contributed by atoms with Gasteiger partial charge in [-0.05, 0) is 48.4 Å². The van der Waals surface area contributed by atoms with Crippen LogP contribution in [0.5, 0.6) is 23.0 Å². The fourth-order valence-electron chi connectivity index (χ4n) is 2.60. The molecule has 150 valence electrons. The molecule has 0 aliphatic carbocycles. The van der Waals surface area contributed by atoms with E-state index < -0.39 is 0 Å². The van der Waals surface area contributed by atoms with Crippen LogP contribution in [0.15, 0.2) is 36.4 Å². The predicted molar refractivity (Wildman–Crippen MR) is 108 cm³/mol. The number of aliphatic hydroxyl groups is 1. The van der Waals surface area contributed by atoms with Crippen LogP contribution in [-0.2, 0) is 13.0 Å². The highest BCUT2D eigenvalue weighted by Crippen LogP contribution is 2.28. The molecule has 0 radical (unpaired) electrons. The minimum absolute atomic E-state index is 0. The average Bonchev–Trinajstić information content (AvgIpc) is 2.69. The Bertz CT molecular complexity index is 696. The number of ether oxygens (including phenoxy) is 4. The smallest absolute Gasteiger partial charge is 0.161 e. The molecule has 0 bridgehead atoms. The van der Waals surface area contributed by atoms with E-state index in [1.807, 2.05) is 36.4 Å². The summed E-state index contributed by atoms with van der Waals surface area (Å²) in [5.41, 5.74) is 2.28. The van der Waals surface area contributed by atoms with Gasteiger partial charge in [0.15, 0.2) is 23.0 Å². The number of nitrogens with one attached hydrogen (secondary N) is 1. The molecule has 27 heavy (non-hydrogen) atoms. The Morgan fingerprint density at radius 3 is 2.07 bits per heavy atom. The van der Waals surface area contributed by atoms with E-state index in [4.69, 9.17) is 24.1 Å². The summed E-state index contributed by atoms with van der Waals surface area (Å²) in [7, 11) is 4.88. The normalized spacial score (nSPS) is 10.1. The summed E-state index contributed by atoms with van der Waals surface area (Å²) in [6.45, 7) is 1.78. The van der Waals surface area contributed by atoms with Crippen molar-refractivity contribution in [1.29, 1.82) is 0 Å². The molecule has 0 saturated heterocycles. The molecule has 0 atom stereocenters. The first-order chi connectivity index (χ1) is 12.7. The Hall–Kier alpha value is -2.15. The molecule has 0 saturated carbocycles. The SMILES string of the molecule is COc1ccc(CCNCc2ccc(OCCO)c(OC)c2)cc1OC.Cl. The van der Waals surface area contributed by atoms with E-state index in [1.54, 1.807) is 21.3 Å². The zero-order valence-corrected chi connectivity index (χ0v) is 16.8. The van der Waals surface area contributed by atoms with Crippen LogP contribution in [0.3, 0.4) is 0 Å². The molecule has 7 heteroatoms. The second-order valence-electron chi connectivity index (χ2n) is 5.67. The van der Waals surface area contributed by atoms with Crippen LogP contribution in [0.4, 0.5) is 0 Å². The van der Waals surface area contributed by atoms with Crippen LogP contribution in [0, 0.1) is 0 Å². The lowest BCUT2D eigenvalue weighted by Crippen LogP contribution is -2.16. The van der Waals surface area contributed by atoms with E-state index in [2.05, 4.69) is 5.32 Å². The van der Waals surface area contributed by atoms with Gasteiger partial charge in [-0.3, -0.25) is 0 Å². The highest BCUT2D eigenvalue weighted by Gasteiger charge is 2.07. The third-order valence-electron chi connectivity index (χ3n) is 3.94. The van der Waals surface area contributed by atoms with Gasteiger partial charge in [-0.2, -0.15) is 0 Å². The predicted octanol–water partition coefficient (Wildman–Crippen LogP) is 2.84. The lowest BCUT2D eigenvalue weighted by atomic mass is 10.1. The van der Waals surface area contributed by atoms with Crippen LogP contribution in [0.2, 0.25) is 0 Å². The maximum atomic E-state index is 8.85. The Morgan fingerprint density at radius 2 is 1.41 bits per heavy atom. The van der Waals surface area contributed by atoms with Crippen LogP contribution in [-0.4, -0.2) is 46.2 Å². The zero-order chi connectivity index (χ0) is 18.8. The lowest BCUT2D eigenvalue weighted by molar-refractivity contribution is 0.196. The Kier molecular flexibility index (Phi) is 10.4. The summed E-state index contributed by atoms with van der Waals surface area (Å²) in [5.74, 6) is 2.78.